The summed E-state index contributed by atoms with van der Waals surface area (Å²) in [4.78, 5) is 37.7. The molecule has 4 amide bonds. The molecule has 0 radical (unpaired) electrons. The van der Waals surface area contributed by atoms with Gasteiger partial charge in [0.25, 0.3) is 0 Å². The lowest BCUT2D eigenvalue weighted by atomic mass is 10.0. The van der Waals surface area contributed by atoms with Crippen LogP contribution in [0.25, 0.3) is 0 Å². The predicted molar refractivity (Wildman–Crippen MR) is 60.1 cm³/mol. The van der Waals surface area contributed by atoms with Crippen molar-refractivity contribution in [2.24, 2.45) is 0 Å². The number of imide groups is 1. The maximum atomic E-state index is 12.1. The lowest BCUT2D eigenvalue weighted by molar-refractivity contribution is -0.149. The summed E-state index contributed by atoms with van der Waals surface area (Å²) in [6.45, 7) is 1.37. The van der Waals surface area contributed by atoms with Crippen LogP contribution in [0.3, 0.4) is 0 Å². The first-order valence-electron chi connectivity index (χ1n) is 5.97. The van der Waals surface area contributed by atoms with E-state index >= 15 is 0 Å². The Balaban J connectivity index is 2.01. The van der Waals surface area contributed by atoms with Crippen molar-refractivity contribution in [2.75, 3.05) is 20.1 Å². The average molecular weight is 239 g/mol. The number of urea groups is 1. The molecule has 2 aliphatic rings. The largest absolute Gasteiger partial charge is 0.357 e. The number of nitrogens with zero attached hydrogens (tertiary/aromatic N) is 2. The molecular formula is C11H17N3O3. The van der Waals surface area contributed by atoms with Crippen molar-refractivity contribution in [2.45, 2.75) is 31.7 Å². The molecule has 0 spiro atoms. The average Bonchev–Trinajstić information content (AvgIpc) is 2.35. The molecule has 2 fully saturated rings. The molecule has 17 heavy (non-hydrogen) atoms. The highest BCUT2D eigenvalue weighted by atomic mass is 16.2. The van der Waals surface area contributed by atoms with Crippen LogP contribution in [-0.4, -0.2) is 53.8 Å². The Morgan fingerprint density at radius 2 is 1.88 bits per heavy atom. The van der Waals surface area contributed by atoms with E-state index in [1.807, 2.05) is 0 Å². The monoisotopic (exact) mass is 239 g/mol. The van der Waals surface area contributed by atoms with Crippen molar-refractivity contribution in [3.05, 3.63) is 0 Å². The van der Waals surface area contributed by atoms with E-state index in [2.05, 4.69) is 5.32 Å². The quantitative estimate of drug-likeness (QED) is 0.652. The Hall–Kier alpha value is -1.59. The number of rotatable bonds is 1. The molecule has 6 nitrogen and oxygen atoms in total. The summed E-state index contributed by atoms with van der Waals surface area (Å²) in [6, 6.07) is -0.920. The van der Waals surface area contributed by atoms with Crippen molar-refractivity contribution in [1.82, 2.24) is 15.1 Å². The van der Waals surface area contributed by atoms with Gasteiger partial charge in [0, 0.05) is 20.1 Å². The van der Waals surface area contributed by atoms with Crippen LogP contribution in [-0.2, 0) is 9.59 Å². The number of amides is 4. The first kappa shape index (κ1) is 11.9. The maximum absolute atomic E-state index is 12.1. The first-order chi connectivity index (χ1) is 8.15. The third-order valence-corrected chi connectivity index (χ3v) is 3.33. The van der Waals surface area contributed by atoms with Crippen molar-refractivity contribution < 1.29 is 14.4 Å². The number of β-lactam (4-membered cyclic amide) rings is 1. The number of carbonyl (C=O) groups is 3. The smallest absolute Gasteiger partial charge is 0.327 e. The summed E-state index contributed by atoms with van der Waals surface area (Å²) < 4.78 is 0. The topological polar surface area (TPSA) is 69.7 Å². The van der Waals surface area contributed by atoms with Gasteiger partial charge in [-0.2, -0.15) is 0 Å². The minimum absolute atomic E-state index is 0.138. The van der Waals surface area contributed by atoms with Gasteiger partial charge in [0.2, 0.25) is 11.8 Å². The van der Waals surface area contributed by atoms with Crippen LogP contribution in [0, 0.1) is 0 Å². The fourth-order valence-electron chi connectivity index (χ4n) is 2.27. The third kappa shape index (κ3) is 2.11. The van der Waals surface area contributed by atoms with Crippen molar-refractivity contribution in [1.29, 1.82) is 0 Å². The van der Waals surface area contributed by atoms with E-state index in [1.54, 1.807) is 4.90 Å². The zero-order valence-corrected chi connectivity index (χ0v) is 9.94. The zero-order chi connectivity index (χ0) is 12.4. The molecule has 0 aromatic heterocycles. The Kier molecular flexibility index (Phi) is 3.31. The summed E-state index contributed by atoms with van der Waals surface area (Å²) in [5.41, 5.74) is 0. The van der Waals surface area contributed by atoms with Crippen molar-refractivity contribution in [3.8, 4) is 0 Å². The van der Waals surface area contributed by atoms with Gasteiger partial charge >= 0.3 is 6.03 Å². The Morgan fingerprint density at radius 3 is 2.41 bits per heavy atom. The summed E-state index contributed by atoms with van der Waals surface area (Å²) in [6.07, 6.45) is 3.20. The van der Waals surface area contributed by atoms with E-state index in [4.69, 9.17) is 0 Å². The van der Waals surface area contributed by atoms with Crippen molar-refractivity contribution >= 4 is 17.8 Å². The number of piperidine rings is 1. The molecule has 2 aliphatic heterocycles. The highest BCUT2D eigenvalue weighted by molar-refractivity contribution is 6.07. The summed E-state index contributed by atoms with van der Waals surface area (Å²) in [5.74, 6) is -0.524. The van der Waals surface area contributed by atoms with Crippen LogP contribution in [0.5, 0.6) is 0 Å². The van der Waals surface area contributed by atoms with Crippen LogP contribution >= 0.6 is 0 Å². The minimum Gasteiger partial charge on any atom is -0.357 e. The maximum Gasteiger partial charge on any atom is 0.327 e. The molecule has 1 atom stereocenters. The lowest BCUT2D eigenvalue weighted by Crippen LogP contribution is -2.64. The minimum atomic E-state index is -0.609. The molecule has 94 valence electrons. The third-order valence-electron chi connectivity index (χ3n) is 3.33. The Morgan fingerprint density at radius 1 is 1.24 bits per heavy atom. The van der Waals surface area contributed by atoms with E-state index in [-0.39, 0.29) is 24.3 Å². The van der Waals surface area contributed by atoms with E-state index in [0.29, 0.717) is 13.1 Å². The van der Waals surface area contributed by atoms with Gasteiger partial charge in [-0.05, 0) is 19.3 Å². The molecule has 0 aromatic carbocycles. The van der Waals surface area contributed by atoms with Gasteiger partial charge in [-0.25, -0.2) is 4.79 Å². The SMILES string of the molecule is CNC(=O)C1CC(=O)N1C(=O)N1CCCCC1. The van der Waals surface area contributed by atoms with Crippen molar-refractivity contribution in [3.63, 3.8) is 0 Å². The van der Waals surface area contributed by atoms with Crippen LogP contribution in [0.15, 0.2) is 0 Å². The molecule has 6 heteroatoms. The molecule has 2 saturated heterocycles. The van der Waals surface area contributed by atoms with Gasteiger partial charge in [-0.15, -0.1) is 0 Å². The predicted octanol–water partition coefficient (Wildman–Crippen LogP) is -0.0608. The van der Waals surface area contributed by atoms with Gasteiger partial charge in [-0.1, -0.05) is 0 Å². The lowest BCUT2D eigenvalue weighted by Gasteiger charge is -2.41. The van der Waals surface area contributed by atoms with E-state index in [0.717, 1.165) is 24.2 Å². The standard InChI is InChI=1S/C11H17N3O3/c1-12-10(16)8-7-9(15)14(8)11(17)13-5-3-2-4-6-13/h8H,2-7H2,1H3,(H,12,16). The van der Waals surface area contributed by atoms with E-state index < -0.39 is 6.04 Å². The van der Waals surface area contributed by atoms with Gasteiger partial charge < -0.3 is 10.2 Å². The molecule has 1 unspecified atom stereocenters. The summed E-state index contributed by atoms with van der Waals surface area (Å²) >= 11 is 0. The van der Waals surface area contributed by atoms with Gasteiger partial charge in [0.1, 0.15) is 6.04 Å². The number of likely N-dealkylation sites (tertiary alicyclic amines) is 2. The van der Waals surface area contributed by atoms with Gasteiger partial charge in [0.15, 0.2) is 0 Å². The molecule has 0 aliphatic carbocycles. The number of likely N-dealkylation sites (N-methyl/N-ethyl adjacent to an activating group) is 1. The number of hydrogen-bond acceptors (Lipinski definition) is 3. The first-order valence-corrected chi connectivity index (χ1v) is 5.97. The normalized spacial score (nSPS) is 24.3. The second-order valence-electron chi connectivity index (χ2n) is 4.43. The highest BCUT2D eigenvalue weighted by Crippen LogP contribution is 2.23. The second-order valence-corrected chi connectivity index (χ2v) is 4.43. The van der Waals surface area contributed by atoms with Crippen LogP contribution in [0.2, 0.25) is 0 Å². The molecular weight excluding hydrogens is 222 g/mol. The fourth-order valence-corrected chi connectivity index (χ4v) is 2.27. The second kappa shape index (κ2) is 4.73. The molecule has 0 saturated carbocycles. The number of carbonyl (C=O) groups excluding carboxylic acids is 3. The van der Waals surface area contributed by atoms with Gasteiger partial charge in [0.05, 0.1) is 6.42 Å². The summed E-state index contributed by atoms with van der Waals surface area (Å²) in [7, 11) is 1.51. The Labute approximate surface area is 99.9 Å². The molecule has 2 heterocycles. The fraction of sp³-hybridized carbons (Fsp3) is 0.727. The van der Waals surface area contributed by atoms with E-state index in [9.17, 15) is 14.4 Å². The van der Waals surface area contributed by atoms with E-state index in [1.165, 1.54) is 7.05 Å². The van der Waals surface area contributed by atoms with Crippen LogP contribution in [0.4, 0.5) is 4.79 Å². The number of hydrogen-bond donors (Lipinski definition) is 1. The molecule has 0 bridgehead atoms. The summed E-state index contributed by atoms with van der Waals surface area (Å²) in [5, 5.41) is 2.47. The number of nitrogens with one attached hydrogen (secondary N) is 1. The molecule has 1 N–H and O–H groups in total. The Bertz CT molecular complexity index is 350. The molecule has 2 rings (SSSR count). The zero-order valence-electron chi connectivity index (χ0n) is 9.94. The van der Waals surface area contributed by atoms with Crippen LogP contribution < -0.4 is 5.32 Å². The highest BCUT2D eigenvalue weighted by Gasteiger charge is 2.46. The van der Waals surface area contributed by atoms with Gasteiger partial charge in [-0.3, -0.25) is 14.5 Å². The van der Waals surface area contributed by atoms with Crippen LogP contribution in [0.1, 0.15) is 25.7 Å². The molecule has 0 aromatic rings.